The summed E-state index contributed by atoms with van der Waals surface area (Å²) < 4.78 is 0.963. The molecule has 0 radical (unpaired) electrons. The van der Waals surface area contributed by atoms with Crippen molar-refractivity contribution in [2.75, 3.05) is 11.4 Å². The molecule has 1 fully saturated rings. The van der Waals surface area contributed by atoms with Gasteiger partial charge >= 0.3 is 0 Å². The molecule has 5 nitrogen and oxygen atoms in total. The van der Waals surface area contributed by atoms with Crippen molar-refractivity contribution >= 4 is 45.2 Å². The minimum atomic E-state index is -0.518. The first-order chi connectivity index (χ1) is 15.3. The number of nitriles is 1. The highest BCUT2D eigenvalue weighted by Gasteiger charge is 2.40. The van der Waals surface area contributed by atoms with E-state index in [0.29, 0.717) is 23.1 Å². The Hall–Kier alpha value is -2.82. The van der Waals surface area contributed by atoms with E-state index in [1.807, 2.05) is 54.6 Å². The number of hydrogen-bond acceptors (Lipinski definition) is 4. The molecule has 164 valence electrons. The lowest BCUT2D eigenvalue weighted by Crippen LogP contribution is -2.32. The second-order valence-electron chi connectivity index (χ2n) is 7.65. The molecule has 1 saturated heterocycles. The molecule has 1 unspecified atom stereocenters. The van der Waals surface area contributed by atoms with Gasteiger partial charge in [-0.1, -0.05) is 71.9 Å². The van der Waals surface area contributed by atoms with Crippen LogP contribution < -0.4 is 10.2 Å². The van der Waals surface area contributed by atoms with E-state index in [4.69, 9.17) is 0 Å². The number of amides is 2. The molecule has 2 aromatic rings. The van der Waals surface area contributed by atoms with E-state index in [2.05, 4.69) is 41.7 Å². The highest BCUT2D eigenvalue weighted by Crippen LogP contribution is 2.42. The zero-order chi connectivity index (χ0) is 23.3. The van der Waals surface area contributed by atoms with Crippen molar-refractivity contribution in [3.8, 4) is 6.07 Å². The molecule has 2 amide bonds. The molecule has 0 aliphatic carbocycles. The Bertz CT molecular complexity index is 1090. The topological polar surface area (TPSA) is 73.2 Å². The Morgan fingerprint density at radius 2 is 1.91 bits per heavy atom. The highest BCUT2D eigenvalue weighted by molar-refractivity contribution is 9.10. The van der Waals surface area contributed by atoms with Gasteiger partial charge in [0.1, 0.15) is 16.7 Å². The second-order valence-corrected chi connectivity index (χ2v) is 9.75. The quantitative estimate of drug-likeness (QED) is 0.312. The maximum atomic E-state index is 13.5. The number of benzene rings is 2. The molecule has 32 heavy (non-hydrogen) atoms. The van der Waals surface area contributed by atoms with Crippen molar-refractivity contribution < 1.29 is 9.59 Å². The standard InChI is InChI=1S/C25H24BrN3O2S/c1-4-13-28-23(30)21(15-27)25-29(20-11-7-18(8-12-20)16(2)3)24(31)22(32-25)14-17-5-9-19(26)10-6-17/h4-12,16,22H,1,13-14H2,2-3H3,(H,28,30)/b25-21-. The molecule has 1 N–H and O–H groups in total. The minimum Gasteiger partial charge on any atom is -0.348 e. The monoisotopic (exact) mass is 509 g/mol. The van der Waals surface area contributed by atoms with Crippen LogP contribution in [0, 0.1) is 11.3 Å². The van der Waals surface area contributed by atoms with E-state index in [0.717, 1.165) is 15.6 Å². The molecule has 1 aliphatic heterocycles. The lowest BCUT2D eigenvalue weighted by atomic mass is 10.0. The van der Waals surface area contributed by atoms with Gasteiger partial charge in [-0.25, -0.2) is 0 Å². The Morgan fingerprint density at radius 1 is 1.25 bits per heavy atom. The van der Waals surface area contributed by atoms with E-state index in [1.54, 1.807) is 6.08 Å². The van der Waals surface area contributed by atoms with E-state index in [9.17, 15) is 14.9 Å². The number of rotatable bonds is 7. The third-order valence-electron chi connectivity index (χ3n) is 5.06. The van der Waals surface area contributed by atoms with Crippen LogP contribution in [0.15, 0.2) is 76.3 Å². The summed E-state index contributed by atoms with van der Waals surface area (Å²) in [7, 11) is 0. The summed E-state index contributed by atoms with van der Waals surface area (Å²) in [6.45, 7) is 8.03. The van der Waals surface area contributed by atoms with E-state index in [1.165, 1.54) is 16.7 Å². The molecule has 0 spiro atoms. The summed E-state index contributed by atoms with van der Waals surface area (Å²) >= 11 is 4.69. The molecule has 1 aliphatic rings. The maximum Gasteiger partial charge on any atom is 0.264 e. The maximum absolute atomic E-state index is 13.5. The zero-order valence-corrected chi connectivity index (χ0v) is 20.4. The Balaban J connectivity index is 2.02. The fourth-order valence-electron chi connectivity index (χ4n) is 3.32. The van der Waals surface area contributed by atoms with Crippen LogP contribution in [-0.2, 0) is 16.0 Å². The van der Waals surface area contributed by atoms with Gasteiger partial charge in [0.15, 0.2) is 0 Å². The van der Waals surface area contributed by atoms with Crippen molar-refractivity contribution in [3.05, 3.63) is 87.4 Å². The number of thioether (sulfide) groups is 1. The lowest BCUT2D eigenvalue weighted by molar-refractivity contribution is -0.117. The predicted octanol–water partition coefficient (Wildman–Crippen LogP) is 5.30. The Morgan fingerprint density at radius 3 is 2.47 bits per heavy atom. The molecule has 0 saturated carbocycles. The van der Waals surface area contributed by atoms with Gasteiger partial charge in [0.05, 0.1) is 5.25 Å². The first-order valence-electron chi connectivity index (χ1n) is 10.2. The average molecular weight is 510 g/mol. The zero-order valence-electron chi connectivity index (χ0n) is 18.0. The largest absolute Gasteiger partial charge is 0.348 e. The predicted molar refractivity (Wildman–Crippen MR) is 133 cm³/mol. The van der Waals surface area contributed by atoms with Gasteiger partial charge in [0.2, 0.25) is 5.91 Å². The number of nitrogens with zero attached hydrogens (tertiary/aromatic N) is 2. The lowest BCUT2D eigenvalue weighted by Gasteiger charge is -2.19. The van der Waals surface area contributed by atoms with Crippen LogP contribution in [0.25, 0.3) is 0 Å². The van der Waals surface area contributed by atoms with Crippen LogP contribution in [0.1, 0.15) is 30.9 Å². The number of anilines is 1. The smallest absolute Gasteiger partial charge is 0.264 e. The van der Waals surface area contributed by atoms with Gasteiger partial charge in [-0.05, 0) is 47.7 Å². The third-order valence-corrected chi connectivity index (χ3v) is 6.86. The number of nitrogens with one attached hydrogen (secondary N) is 1. The van der Waals surface area contributed by atoms with Crippen molar-refractivity contribution in [2.45, 2.75) is 31.4 Å². The van der Waals surface area contributed by atoms with Crippen LogP contribution in [0.2, 0.25) is 0 Å². The Labute approximate surface area is 201 Å². The summed E-state index contributed by atoms with van der Waals surface area (Å²) in [6.07, 6.45) is 2.04. The van der Waals surface area contributed by atoms with Gasteiger partial charge in [0.25, 0.3) is 5.91 Å². The molecule has 2 aromatic carbocycles. The number of carbonyl (C=O) groups is 2. The SMILES string of the molecule is C=CCNC(=O)/C(C#N)=C1\SC(Cc2ccc(Br)cc2)C(=O)N1c1ccc(C(C)C)cc1. The van der Waals surface area contributed by atoms with E-state index in [-0.39, 0.29) is 18.0 Å². The summed E-state index contributed by atoms with van der Waals surface area (Å²) in [6, 6.07) is 17.5. The fraction of sp³-hybridized carbons (Fsp3) is 0.240. The average Bonchev–Trinajstić information content (AvgIpc) is 3.10. The van der Waals surface area contributed by atoms with Crippen molar-refractivity contribution in [3.63, 3.8) is 0 Å². The number of carbonyl (C=O) groups excluding carboxylic acids is 2. The Kier molecular flexibility index (Phi) is 7.94. The van der Waals surface area contributed by atoms with Crippen molar-refractivity contribution in [2.24, 2.45) is 0 Å². The van der Waals surface area contributed by atoms with Crippen LogP contribution in [0.4, 0.5) is 5.69 Å². The van der Waals surface area contributed by atoms with Crippen LogP contribution in [0.5, 0.6) is 0 Å². The molecule has 3 rings (SSSR count). The van der Waals surface area contributed by atoms with Gasteiger partial charge in [0, 0.05) is 16.7 Å². The van der Waals surface area contributed by atoms with Crippen LogP contribution in [0.3, 0.4) is 0 Å². The number of hydrogen-bond donors (Lipinski definition) is 1. The van der Waals surface area contributed by atoms with E-state index < -0.39 is 11.2 Å². The highest BCUT2D eigenvalue weighted by atomic mass is 79.9. The van der Waals surface area contributed by atoms with Gasteiger partial charge < -0.3 is 5.32 Å². The van der Waals surface area contributed by atoms with Crippen molar-refractivity contribution in [1.82, 2.24) is 5.32 Å². The summed E-state index contributed by atoms with van der Waals surface area (Å²) in [5.41, 5.74) is 2.72. The van der Waals surface area contributed by atoms with Crippen LogP contribution in [-0.4, -0.2) is 23.6 Å². The van der Waals surface area contributed by atoms with Gasteiger partial charge in [-0.15, -0.1) is 6.58 Å². The van der Waals surface area contributed by atoms with Gasteiger partial charge in [-0.2, -0.15) is 5.26 Å². The second kappa shape index (κ2) is 10.7. The molecule has 0 bridgehead atoms. The number of halogens is 1. The minimum absolute atomic E-state index is 0.0727. The first kappa shape index (κ1) is 23.8. The molecule has 1 atom stereocenters. The summed E-state index contributed by atoms with van der Waals surface area (Å²) in [5.74, 6) is -0.308. The molecule has 7 heteroatoms. The molecular weight excluding hydrogens is 486 g/mol. The summed E-state index contributed by atoms with van der Waals surface area (Å²) in [5, 5.41) is 12.3. The summed E-state index contributed by atoms with van der Waals surface area (Å²) in [4.78, 5) is 27.6. The normalized spacial score (nSPS) is 17.3. The van der Waals surface area contributed by atoms with Crippen molar-refractivity contribution in [1.29, 1.82) is 5.26 Å². The molecule has 0 aromatic heterocycles. The van der Waals surface area contributed by atoms with Crippen LogP contribution >= 0.6 is 27.7 Å². The molecule has 1 heterocycles. The third kappa shape index (κ3) is 5.32. The molecular formula is C25H24BrN3O2S. The fourth-order valence-corrected chi connectivity index (χ4v) is 4.89. The van der Waals surface area contributed by atoms with Gasteiger partial charge in [-0.3, -0.25) is 14.5 Å². The first-order valence-corrected chi connectivity index (χ1v) is 11.9. The van der Waals surface area contributed by atoms with E-state index >= 15 is 0 Å².